The summed E-state index contributed by atoms with van der Waals surface area (Å²) in [5.41, 5.74) is 3.32. The summed E-state index contributed by atoms with van der Waals surface area (Å²) in [6.07, 6.45) is -5.29. The molecular weight excluding hydrogens is 407 g/mol. The van der Waals surface area contributed by atoms with Crippen LogP contribution >= 0.6 is 0 Å². The molecular formula is C23H18F3N3O2. The van der Waals surface area contributed by atoms with Crippen LogP contribution in [0.15, 0.2) is 48.5 Å². The van der Waals surface area contributed by atoms with Gasteiger partial charge < -0.3 is 10.1 Å². The Hall–Kier alpha value is -3.73. The lowest BCUT2D eigenvalue weighted by Gasteiger charge is -2.14. The zero-order valence-corrected chi connectivity index (χ0v) is 16.5. The first-order valence-electron chi connectivity index (χ1n) is 9.56. The summed E-state index contributed by atoms with van der Waals surface area (Å²) in [7, 11) is 0. The van der Waals surface area contributed by atoms with E-state index in [1.165, 1.54) is 6.92 Å². The van der Waals surface area contributed by atoms with Crippen molar-refractivity contribution in [1.29, 1.82) is 0 Å². The first-order valence-corrected chi connectivity index (χ1v) is 9.56. The van der Waals surface area contributed by atoms with Gasteiger partial charge in [-0.3, -0.25) is 5.10 Å². The van der Waals surface area contributed by atoms with Gasteiger partial charge in [-0.05, 0) is 29.2 Å². The Morgan fingerprint density at radius 3 is 2.35 bits per heavy atom. The summed E-state index contributed by atoms with van der Waals surface area (Å²) in [5, 5.41) is 7.97. The highest BCUT2D eigenvalue weighted by Crippen LogP contribution is 2.44. The predicted octanol–water partition coefficient (Wildman–Crippen LogP) is 4.63. The van der Waals surface area contributed by atoms with E-state index in [1.54, 1.807) is 0 Å². The molecule has 1 heterocycles. The van der Waals surface area contributed by atoms with Gasteiger partial charge in [-0.15, -0.1) is 0 Å². The van der Waals surface area contributed by atoms with Crippen molar-refractivity contribution in [3.05, 3.63) is 76.6 Å². The fourth-order valence-electron chi connectivity index (χ4n) is 3.69. The van der Waals surface area contributed by atoms with E-state index in [0.717, 1.165) is 22.3 Å². The number of aromatic nitrogens is 2. The van der Waals surface area contributed by atoms with Crippen LogP contribution in [-0.4, -0.2) is 29.4 Å². The summed E-state index contributed by atoms with van der Waals surface area (Å²) in [6, 6.07) is 15.9. The molecule has 3 aromatic rings. The van der Waals surface area contributed by atoms with Gasteiger partial charge in [-0.2, -0.15) is 18.3 Å². The molecule has 0 unspecified atom stereocenters. The molecule has 8 heteroatoms. The smallest absolute Gasteiger partial charge is 0.436 e. The Labute approximate surface area is 176 Å². The highest BCUT2D eigenvalue weighted by atomic mass is 19.4. The minimum absolute atomic E-state index is 0.0767. The molecule has 0 fully saturated rings. The van der Waals surface area contributed by atoms with Gasteiger partial charge in [-0.25, -0.2) is 4.79 Å². The molecule has 1 aromatic heterocycles. The predicted molar refractivity (Wildman–Crippen MR) is 108 cm³/mol. The fourth-order valence-corrected chi connectivity index (χ4v) is 3.69. The van der Waals surface area contributed by atoms with Crippen LogP contribution in [0.1, 0.15) is 34.0 Å². The molecule has 2 N–H and O–H groups in total. The summed E-state index contributed by atoms with van der Waals surface area (Å²) in [6.45, 7) is 1.44. The number of carbonyl (C=O) groups is 1. The van der Waals surface area contributed by atoms with Crippen molar-refractivity contribution in [2.75, 3.05) is 13.2 Å². The van der Waals surface area contributed by atoms with Crippen LogP contribution in [0.4, 0.5) is 18.0 Å². The number of nitrogens with zero attached hydrogens (tertiary/aromatic N) is 1. The minimum Gasteiger partial charge on any atom is -0.449 e. The van der Waals surface area contributed by atoms with Crippen LogP contribution in [0.3, 0.4) is 0 Å². The van der Waals surface area contributed by atoms with Crippen molar-refractivity contribution >= 4 is 6.09 Å². The molecule has 158 valence electrons. The van der Waals surface area contributed by atoms with Crippen LogP contribution < -0.4 is 5.32 Å². The molecule has 31 heavy (non-hydrogen) atoms. The number of alkyl carbamates (subject to hydrolysis) is 1. The Kier molecular flexibility index (Phi) is 5.42. The third-order valence-corrected chi connectivity index (χ3v) is 5.09. The molecule has 0 spiro atoms. The number of carbonyl (C=O) groups excluding carboxylic acids is 1. The van der Waals surface area contributed by atoms with Crippen molar-refractivity contribution in [3.8, 4) is 23.0 Å². The normalized spacial score (nSPS) is 12.5. The highest BCUT2D eigenvalue weighted by molar-refractivity contribution is 5.79. The van der Waals surface area contributed by atoms with Crippen molar-refractivity contribution in [3.63, 3.8) is 0 Å². The van der Waals surface area contributed by atoms with Crippen LogP contribution in [0.25, 0.3) is 11.1 Å². The van der Waals surface area contributed by atoms with E-state index in [2.05, 4.69) is 27.4 Å². The first-order chi connectivity index (χ1) is 14.9. The topological polar surface area (TPSA) is 67.0 Å². The minimum atomic E-state index is -4.60. The van der Waals surface area contributed by atoms with Crippen molar-refractivity contribution in [1.82, 2.24) is 15.5 Å². The van der Waals surface area contributed by atoms with E-state index in [1.807, 2.05) is 48.5 Å². The zero-order chi connectivity index (χ0) is 22.0. The van der Waals surface area contributed by atoms with Crippen LogP contribution in [-0.2, 0) is 10.9 Å². The second-order valence-electron chi connectivity index (χ2n) is 7.05. The van der Waals surface area contributed by atoms with Crippen molar-refractivity contribution in [2.24, 2.45) is 0 Å². The fraction of sp³-hybridized carbons (Fsp3) is 0.217. The summed E-state index contributed by atoms with van der Waals surface area (Å²) in [5.74, 6) is 4.85. The monoisotopic (exact) mass is 425 g/mol. The number of hydrogen-bond acceptors (Lipinski definition) is 3. The quantitative estimate of drug-likeness (QED) is 0.602. The van der Waals surface area contributed by atoms with E-state index in [4.69, 9.17) is 4.74 Å². The number of aromatic amines is 1. The second-order valence-corrected chi connectivity index (χ2v) is 7.05. The van der Waals surface area contributed by atoms with E-state index in [-0.39, 0.29) is 30.3 Å². The number of alkyl halides is 3. The van der Waals surface area contributed by atoms with Gasteiger partial charge in [0.15, 0.2) is 5.69 Å². The Bertz CT molecular complexity index is 1140. The molecule has 0 saturated heterocycles. The Morgan fingerprint density at radius 2 is 1.74 bits per heavy atom. The lowest BCUT2D eigenvalue weighted by molar-refractivity contribution is -0.141. The summed E-state index contributed by atoms with van der Waals surface area (Å²) < 4.78 is 44.1. The zero-order valence-electron chi connectivity index (χ0n) is 16.5. The molecule has 0 bridgehead atoms. The van der Waals surface area contributed by atoms with Gasteiger partial charge in [0.1, 0.15) is 6.61 Å². The van der Waals surface area contributed by atoms with E-state index >= 15 is 0 Å². The largest absolute Gasteiger partial charge is 0.449 e. The number of ether oxygens (including phenoxy) is 1. The summed E-state index contributed by atoms with van der Waals surface area (Å²) >= 11 is 0. The van der Waals surface area contributed by atoms with Gasteiger partial charge in [-0.1, -0.05) is 60.4 Å². The number of aryl methyl sites for hydroxylation is 1. The molecule has 4 rings (SSSR count). The van der Waals surface area contributed by atoms with Crippen molar-refractivity contribution in [2.45, 2.75) is 19.0 Å². The number of rotatable bonds is 3. The number of hydrogen-bond donors (Lipinski definition) is 2. The molecule has 0 saturated carbocycles. The van der Waals surface area contributed by atoms with Crippen LogP contribution in [0, 0.1) is 18.8 Å². The lowest BCUT2D eigenvalue weighted by atomic mass is 9.98. The maximum absolute atomic E-state index is 12.9. The van der Waals surface area contributed by atoms with Crippen molar-refractivity contribution < 1.29 is 22.7 Å². The molecule has 1 aliphatic rings. The molecule has 1 aliphatic carbocycles. The molecule has 0 aliphatic heterocycles. The molecule has 2 aromatic carbocycles. The third kappa shape index (κ3) is 4.12. The average molecular weight is 425 g/mol. The molecule has 0 radical (unpaired) electrons. The standard InChI is InChI=1S/C23H18F3N3O2/c1-14-15(21(29-28-14)23(24,25)26)11-6-12-27-22(30)31-13-20-18-9-4-2-7-16(18)17-8-3-5-10-19(17)20/h2-5,7-10,20H,12-13H2,1H3,(H,27,30)(H,28,29). The van der Waals surface area contributed by atoms with Crippen LogP contribution in [0.2, 0.25) is 0 Å². The van der Waals surface area contributed by atoms with Gasteiger partial charge in [0, 0.05) is 11.6 Å². The number of nitrogens with one attached hydrogen (secondary N) is 2. The van der Waals surface area contributed by atoms with Crippen LogP contribution in [0.5, 0.6) is 0 Å². The number of benzene rings is 2. The number of H-pyrrole nitrogens is 1. The number of amides is 1. The van der Waals surface area contributed by atoms with E-state index in [0.29, 0.717) is 0 Å². The van der Waals surface area contributed by atoms with Gasteiger partial charge in [0.05, 0.1) is 12.1 Å². The number of fused-ring (bicyclic) bond motifs is 3. The number of halogens is 3. The molecule has 1 amide bonds. The molecule has 5 nitrogen and oxygen atoms in total. The maximum Gasteiger partial charge on any atom is 0.436 e. The van der Waals surface area contributed by atoms with Gasteiger partial charge in [0.25, 0.3) is 0 Å². The second kappa shape index (κ2) is 8.19. The first kappa shape index (κ1) is 20.5. The lowest BCUT2D eigenvalue weighted by Crippen LogP contribution is -2.26. The SMILES string of the molecule is Cc1[nH]nc(C(F)(F)F)c1C#CCNC(=O)OCC1c2ccccc2-c2ccccc21. The molecule has 0 atom stereocenters. The van der Waals surface area contributed by atoms with Gasteiger partial charge in [0.2, 0.25) is 0 Å². The van der Waals surface area contributed by atoms with Gasteiger partial charge >= 0.3 is 12.3 Å². The average Bonchev–Trinajstić information content (AvgIpc) is 3.27. The third-order valence-electron chi connectivity index (χ3n) is 5.09. The summed E-state index contributed by atoms with van der Waals surface area (Å²) in [4.78, 5) is 12.1. The van der Waals surface area contributed by atoms with E-state index in [9.17, 15) is 18.0 Å². The highest BCUT2D eigenvalue weighted by Gasteiger charge is 2.37. The Morgan fingerprint density at radius 1 is 1.13 bits per heavy atom. The van der Waals surface area contributed by atoms with E-state index < -0.39 is 18.0 Å². The maximum atomic E-state index is 12.9. The Balaban J connectivity index is 1.37.